The molecule has 0 radical (unpaired) electrons. The van der Waals surface area contributed by atoms with E-state index in [4.69, 9.17) is 20.4 Å². The third kappa shape index (κ3) is 13.0. The second-order valence-corrected chi connectivity index (χ2v) is 12.2. The number of hydrogen-bond acceptors (Lipinski definition) is 6. The van der Waals surface area contributed by atoms with Gasteiger partial charge >= 0.3 is 12.1 Å². The molecule has 0 heterocycles. The van der Waals surface area contributed by atoms with Gasteiger partial charge < -0.3 is 31.1 Å². The molecule has 290 valence electrons. The van der Waals surface area contributed by atoms with Gasteiger partial charge in [0.05, 0.1) is 26.6 Å². The second kappa shape index (κ2) is 20.7. The molecule has 0 aromatic heterocycles. The van der Waals surface area contributed by atoms with Crippen molar-refractivity contribution in [2.24, 2.45) is 5.73 Å². The maximum atomic E-state index is 13.8. The minimum absolute atomic E-state index is 0.158. The average Bonchev–Trinajstić information content (AvgIpc) is 3.21. The molecule has 5 rings (SSSR count). The summed E-state index contributed by atoms with van der Waals surface area (Å²) >= 11 is 0. The van der Waals surface area contributed by atoms with Crippen molar-refractivity contribution in [3.63, 3.8) is 0 Å². The number of benzene rings is 5. The highest BCUT2D eigenvalue weighted by atomic mass is 19.4. The highest BCUT2D eigenvalue weighted by Gasteiger charge is 2.38. The Balaban J connectivity index is 0.000000908. The fourth-order valence-corrected chi connectivity index (χ4v) is 5.34. The number of nitrogens with zero attached hydrogens (tertiary/aromatic N) is 1. The highest BCUT2D eigenvalue weighted by Crippen LogP contribution is 2.27. The Morgan fingerprint density at radius 3 is 1.96 bits per heavy atom. The quantitative estimate of drug-likeness (QED) is 0.0914. The van der Waals surface area contributed by atoms with E-state index in [0.29, 0.717) is 24.3 Å². The molecule has 0 aliphatic heterocycles. The summed E-state index contributed by atoms with van der Waals surface area (Å²) < 4.78 is 37.0. The number of alkyl halides is 3. The Labute approximate surface area is 322 Å². The predicted octanol–water partition coefficient (Wildman–Crippen LogP) is 6.75. The first kappa shape index (κ1) is 42.0. The first-order chi connectivity index (χ1) is 26.9. The van der Waals surface area contributed by atoms with E-state index in [0.717, 1.165) is 39.1 Å². The van der Waals surface area contributed by atoms with Gasteiger partial charge in [-0.05, 0) is 69.8 Å². The van der Waals surface area contributed by atoms with E-state index in [2.05, 4.69) is 10.6 Å². The Hall–Kier alpha value is -6.73. The number of anilines is 1. The number of carboxylic acids is 1. The number of aliphatic carboxylic acids is 1. The van der Waals surface area contributed by atoms with Crippen LogP contribution in [0.4, 0.5) is 18.9 Å². The summed E-state index contributed by atoms with van der Waals surface area (Å²) in [7, 11) is 1.64. The van der Waals surface area contributed by atoms with Crippen molar-refractivity contribution in [1.29, 1.82) is 0 Å². The molecule has 56 heavy (non-hydrogen) atoms. The summed E-state index contributed by atoms with van der Waals surface area (Å²) in [5, 5.41) is 12.8. The zero-order chi connectivity index (χ0) is 40.5. The van der Waals surface area contributed by atoms with Crippen LogP contribution < -0.4 is 26.0 Å². The lowest BCUT2D eigenvalue weighted by atomic mass is 9.97. The van der Waals surface area contributed by atoms with Crippen molar-refractivity contribution in [2.75, 3.05) is 31.6 Å². The molecule has 0 atom stereocenters. The number of rotatable bonds is 14. The molecule has 0 aliphatic carbocycles. The number of ether oxygens (including phenoxy) is 1. The molecule has 5 N–H and O–H groups in total. The van der Waals surface area contributed by atoms with Crippen LogP contribution in [-0.4, -0.2) is 61.7 Å². The number of amides is 3. The van der Waals surface area contributed by atoms with Crippen LogP contribution in [0, 0.1) is 0 Å². The average molecular weight is 767 g/mol. The van der Waals surface area contributed by atoms with Crippen molar-refractivity contribution in [3.8, 4) is 16.9 Å². The summed E-state index contributed by atoms with van der Waals surface area (Å²) in [6.45, 7) is 0.820. The minimum atomic E-state index is -5.08. The predicted molar refractivity (Wildman–Crippen MR) is 210 cm³/mol. The van der Waals surface area contributed by atoms with Gasteiger partial charge in [0.1, 0.15) is 5.75 Å². The first-order valence-corrected chi connectivity index (χ1v) is 17.4. The molecule has 0 aliphatic rings. The van der Waals surface area contributed by atoms with Crippen LogP contribution in [0.15, 0.2) is 127 Å². The lowest BCUT2D eigenvalue weighted by Gasteiger charge is -2.24. The second-order valence-electron chi connectivity index (χ2n) is 12.2. The SMILES string of the molecule is COc1ccc(C=Cc2ccc(N(Cc3cccc(-c4ccccc4C(=O)NCCN)c3)C(=O)CNC(=O)Cc3ccccc3)cc2)cc1.O=C(O)C(F)(F)F. The maximum absolute atomic E-state index is 13.8. The van der Waals surface area contributed by atoms with Crippen LogP contribution in [0.3, 0.4) is 0 Å². The number of nitrogens with one attached hydrogen (secondary N) is 2. The van der Waals surface area contributed by atoms with Gasteiger partial charge in [0.15, 0.2) is 0 Å². The standard InChI is InChI=1S/C41H40N4O4.C2HF3O2/c1-49-36-22-18-31(19-23-36)15-14-30-16-20-35(21-17-30)45(40(47)28-44-39(46)27-32-8-3-2-4-9-32)29-33-10-7-11-34(26-33)37-12-5-6-13-38(37)41(48)43-25-24-42;3-2(4,5)1(6)7/h2-23,26H,24-25,27-29,42H2,1H3,(H,43,48)(H,44,46);(H,6,7). The summed E-state index contributed by atoms with van der Waals surface area (Å²) in [6, 6.07) is 40.1. The van der Waals surface area contributed by atoms with Crippen LogP contribution in [0.1, 0.15) is 32.6 Å². The Morgan fingerprint density at radius 2 is 1.36 bits per heavy atom. The molecule has 0 bridgehead atoms. The lowest BCUT2D eigenvalue weighted by molar-refractivity contribution is -0.192. The molecule has 0 saturated heterocycles. The number of carboxylic acid groups (broad SMARTS) is 1. The third-order valence-electron chi connectivity index (χ3n) is 8.16. The van der Waals surface area contributed by atoms with E-state index in [-0.39, 0.29) is 37.2 Å². The fourth-order valence-electron chi connectivity index (χ4n) is 5.34. The maximum Gasteiger partial charge on any atom is 0.490 e. The van der Waals surface area contributed by atoms with E-state index in [1.165, 1.54) is 0 Å². The zero-order valence-corrected chi connectivity index (χ0v) is 30.5. The van der Waals surface area contributed by atoms with Crippen LogP contribution in [-0.2, 0) is 27.3 Å². The van der Waals surface area contributed by atoms with Crippen molar-refractivity contribution in [2.45, 2.75) is 19.1 Å². The van der Waals surface area contributed by atoms with Gasteiger partial charge in [0.2, 0.25) is 11.8 Å². The van der Waals surface area contributed by atoms with Crippen molar-refractivity contribution < 1.29 is 42.2 Å². The van der Waals surface area contributed by atoms with Crippen LogP contribution in [0.25, 0.3) is 23.3 Å². The smallest absolute Gasteiger partial charge is 0.490 e. The summed E-state index contributed by atoms with van der Waals surface area (Å²) in [4.78, 5) is 50.0. The van der Waals surface area contributed by atoms with Gasteiger partial charge in [-0.15, -0.1) is 0 Å². The van der Waals surface area contributed by atoms with E-state index >= 15 is 0 Å². The van der Waals surface area contributed by atoms with Crippen molar-refractivity contribution in [3.05, 3.63) is 155 Å². The normalized spacial score (nSPS) is 10.9. The van der Waals surface area contributed by atoms with Gasteiger partial charge in [-0.2, -0.15) is 13.2 Å². The number of methoxy groups -OCH3 is 1. The van der Waals surface area contributed by atoms with Gasteiger partial charge in [0.25, 0.3) is 5.91 Å². The molecule has 13 heteroatoms. The number of carbonyl (C=O) groups excluding carboxylic acids is 3. The highest BCUT2D eigenvalue weighted by molar-refractivity contribution is 6.01. The number of nitrogens with two attached hydrogens (primary N) is 1. The van der Waals surface area contributed by atoms with Crippen LogP contribution in [0.5, 0.6) is 5.75 Å². The van der Waals surface area contributed by atoms with Crippen molar-refractivity contribution >= 4 is 41.5 Å². The molecule has 0 saturated carbocycles. The Bertz CT molecular complexity index is 2110. The number of halogens is 3. The van der Waals surface area contributed by atoms with Gasteiger partial charge in [-0.1, -0.05) is 103 Å². The van der Waals surface area contributed by atoms with Crippen LogP contribution in [0.2, 0.25) is 0 Å². The molecule has 0 spiro atoms. The number of carbonyl (C=O) groups is 4. The van der Waals surface area contributed by atoms with E-state index in [1.54, 1.807) is 18.1 Å². The van der Waals surface area contributed by atoms with E-state index < -0.39 is 12.1 Å². The van der Waals surface area contributed by atoms with Crippen LogP contribution >= 0.6 is 0 Å². The molecular formula is C43H41F3N4O6. The molecule has 3 amide bonds. The molecule has 5 aromatic carbocycles. The molecule has 0 unspecified atom stereocenters. The van der Waals surface area contributed by atoms with Gasteiger partial charge in [-0.3, -0.25) is 14.4 Å². The van der Waals surface area contributed by atoms with E-state index in [1.807, 2.05) is 133 Å². The fraction of sp³-hybridized carbons (Fsp3) is 0.163. The summed E-state index contributed by atoms with van der Waals surface area (Å²) in [5.74, 6) is -2.65. The van der Waals surface area contributed by atoms with E-state index in [9.17, 15) is 27.6 Å². The molecular weight excluding hydrogens is 725 g/mol. The lowest BCUT2D eigenvalue weighted by Crippen LogP contribution is -2.40. The molecule has 5 aromatic rings. The minimum Gasteiger partial charge on any atom is -0.497 e. The van der Waals surface area contributed by atoms with Crippen molar-refractivity contribution in [1.82, 2.24) is 10.6 Å². The van der Waals surface area contributed by atoms with Gasteiger partial charge in [-0.25, -0.2) is 4.79 Å². The largest absolute Gasteiger partial charge is 0.497 e. The van der Waals surface area contributed by atoms with Gasteiger partial charge in [0, 0.05) is 24.3 Å². The summed E-state index contributed by atoms with van der Waals surface area (Å²) in [5.41, 5.74) is 12.2. The molecule has 10 nitrogen and oxygen atoms in total. The Morgan fingerprint density at radius 1 is 0.768 bits per heavy atom. The topological polar surface area (TPSA) is 151 Å². The zero-order valence-electron chi connectivity index (χ0n) is 30.5. The number of hydrogen-bond donors (Lipinski definition) is 4. The monoisotopic (exact) mass is 766 g/mol. The summed E-state index contributed by atoms with van der Waals surface area (Å²) in [6.07, 6.45) is -0.880. The Kier molecular flexibility index (Phi) is 15.5. The molecule has 0 fully saturated rings. The third-order valence-corrected chi connectivity index (χ3v) is 8.16. The first-order valence-electron chi connectivity index (χ1n) is 17.4.